The first-order valence-corrected chi connectivity index (χ1v) is 36.1. The second kappa shape index (κ2) is 69.9. The third-order valence-corrected chi connectivity index (χ3v) is 16.3. The molecule has 0 saturated heterocycles. The highest BCUT2D eigenvalue weighted by molar-refractivity contribution is 5.71. The minimum absolute atomic E-state index is 0.0680. The molecule has 0 aromatic rings. The molecule has 0 aromatic carbocycles. The summed E-state index contributed by atoms with van der Waals surface area (Å²) in [6.45, 7) is 6.66. The van der Waals surface area contributed by atoms with E-state index in [0.717, 1.165) is 70.6 Å². The maximum absolute atomic E-state index is 12.9. The quantitative estimate of drug-likeness (QED) is 0.0261. The summed E-state index contributed by atoms with van der Waals surface area (Å²) in [7, 11) is 0. The second-order valence-corrected chi connectivity index (χ2v) is 24.5. The Bertz CT molecular complexity index is 1400. The zero-order valence-corrected chi connectivity index (χ0v) is 54.6. The average molecular weight is 1140 g/mol. The molecule has 0 radical (unpaired) electrons. The molecule has 0 saturated carbocycles. The molecular weight excluding hydrogens is 997 g/mol. The molecule has 0 aliphatic rings. The first-order valence-electron chi connectivity index (χ1n) is 36.1. The van der Waals surface area contributed by atoms with Crippen molar-refractivity contribution in [2.24, 2.45) is 0 Å². The molecule has 0 aliphatic heterocycles. The number of esters is 3. The highest BCUT2D eigenvalue weighted by atomic mass is 16.6. The van der Waals surface area contributed by atoms with Gasteiger partial charge in [-0.1, -0.05) is 339 Å². The van der Waals surface area contributed by atoms with Gasteiger partial charge in [0.25, 0.3) is 0 Å². The molecule has 474 valence electrons. The lowest BCUT2D eigenvalue weighted by Crippen LogP contribution is -2.30. The first kappa shape index (κ1) is 78.4. The average Bonchev–Trinajstić information content (AvgIpc) is 3.47. The number of hydrogen-bond donors (Lipinski definition) is 0. The summed E-state index contributed by atoms with van der Waals surface area (Å²) in [5.74, 6) is -0.846. The monoisotopic (exact) mass is 1140 g/mol. The molecule has 0 aromatic heterocycles. The van der Waals surface area contributed by atoms with Gasteiger partial charge in [-0.25, -0.2) is 0 Å². The van der Waals surface area contributed by atoms with Crippen molar-refractivity contribution in [1.82, 2.24) is 0 Å². The molecule has 0 aliphatic carbocycles. The van der Waals surface area contributed by atoms with Crippen LogP contribution in [0.1, 0.15) is 393 Å². The van der Waals surface area contributed by atoms with Crippen LogP contribution in [0.25, 0.3) is 0 Å². The van der Waals surface area contributed by atoms with Gasteiger partial charge >= 0.3 is 17.9 Å². The number of carbonyl (C=O) groups excluding carboxylic acids is 3. The Balaban J connectivity index is 4.10. The predicted molar refractivity (Wildman–Crippen MR) is 353 cm³/mol. The minimum atomic E-state index is -0.770. The van der Waals surface area contributed by atoms with Gasteiger partial charge in [-0.2, -0.15) is 0 Å². The summed E-state index contributed by atoms with van der Waals surface area (Å²) in [4.78, 5) is 38.3. The summed E-state index contributed by atoms with van der Waals surface area (Å²) < 4.78 is 17.0. The van der Waals surface area contributed by atoms with Crippen LogP contribution in [0, 0.1) is 0 Å². The van der Waals surface area contributed by atoms with E-state index in [4.69, 9.17) is 14.2 Å². The molecule has 0 N–H and O–H groups in total. The van der Waals surface area contributed by atoms with Crippen molar-refractivity contribution < 1.29 is 28.6 Å². The van der Waals surface area contributed by atoms with Crippen molar-refractivity contribution in [3.63, 3.8) is 0 Å². The van der Waals surface area contributed by atoms with Crippen molar-refractivity contribution >= 4 is 17.9 Å². The largest absolute Gasteiger partial charge is 0.462 e. The van der Waals surface area contributed by atoms with Crippen LogP contribution in [0.5, 0.6) is 0 Å². The first-order chi connectivity index (χ1) is 40.0. The summed E-state index contributed by atoms with van der Waals surface area (Å²) in [5, 5.41) is 0. The summed E-state index contributed by atoms with van der Waals surface area (Å²) in [5.41, 5.74) is 0. The van der Waals surface area contributed by atoms with Gasteiger partial charge < -0.3 is 14.2 Å². The molecule has 6 heteroatoms. The Morgan fingerprint density at radius 1 is 0.247 bits per heavy atom. The fourth-order valence-electron chi connectivity index (χ4n) is 10.9. The van der Waals surface area contributed by atoms with Gasteiger partial charge in [0.1, 0.15) is 13.2 Å². The lowest BCUT2D eigenvalue weighted by molar-refractivity contribution is -0.167. The fraction of sp³-hybridized carbons (Fsp3) is 0.853. The molecule has 0 bridgehead atoms. The number of allylic oxidation sites excluding steroid dienone is 8. The van der Waals surface area contributed by atoms with E-state index >= 15 is 0 Å². The van der Waals surface area contributed by atoms with Crippen molar-refractivity contribution in [2.75, 3.05) is 13.2 Å². The normalized spacial score (nSPS) is 12.3. The van der Waals surface area contributed by atoms with Crippen LogP contribution in [0.4, 0.5) is 0 Å². The smallest absolute Gasteiger partial charge is 0.306 e. The number of hydrogen-bond acceptors (Lipinski definition) is 6. The number of rotatable bonds is 67. The second-order valence-electron chi connectivity index (χ2n) is 24.5. The third-order valence-electron chi connectivity index (χ3n) is 16.3. The van der Waals surface area contributed by atoms with Crippen molar-refractivity contribution in [1.29, 1.82) is 0 Å². The number of carbonyl (C=O) groups is 3. The molecular formula is C75H138O6. The van der Waals surface area contributed by atoms with Crippen LogP contribution in [0.2, 0.25) is 0 Å². The molecule has 0 rings (SSSR count). The van der Waals surface area contributed by atoms with Crippen molar-refractivity contribution in [3.05, 3.63) is 48.6 Å². The molecule has 81 heavy (non-hydrogen) atoms. The highest BCUT2D eigenvalue weighted by Crippen LogP contribution is 2.18. The van der Waals surface area contributed by atoms with E-state index in [2.05, 4.69) is 69.4 Å². The lowest BCUT2D eigenvalue weighted by atomic mass is 10.0. The van der Waals surface area contributed by atoms with E-state index in [1.165, 1.54) is 283 Å². The molecule has 1 unspecified atom stereocenters. The van der Waals surface area contributed by atoms with Gasteiger partial charge in [0, 0.05) is 19.3 Å². The Kier molecular flexibility index (Phi) is 67.6. The predicted octanol–water partition coefficient (Wildman–Crippen LogP) is 24.9. The maximum atomic E-state index is 12.9. The van der Waals surface area contributed by atoms with Crippen molar-refractivity contribution in [2.45, 2.75) is 399 Å². The van der Waals surface area contributed by atoms with Gasteiger partial charge in [0.05, 0.1) is 0 Å². The lowest BCUT2D eigenvalue weighted by Gasteiger charge is -2.18. The van der Waals surface area contributed by atoms with Gasteiger partial charge in [-0.05, 0) is 83.5 Å². The number of unbranched alkanes of at least 4 members (excludes halogenated alkanes) is 48. The standard InChI is InChI=1S/C75H138O6/c1-4-7-10-13-16-19-21-23-25-27-29-31-33-35-36-37-38-40-41-43-45-47-49-51-53-56-59-62-65-68-74(77)80-71-72(70-79-73(76)67-64-61-58-55-18-15-12-9-6-3)81-75(78)69-66-63-60-57-54-52-50-48-46-44-42-39-34-32-30-28-26-24-22-20-17-14-11-8-5-2/h21-24,27-30,72H,4-20,25-26,31-71H2,1-3H3/b23-21-,24-22-,29-27-,30-28-. The van der Waals surface area contributed by atoms with E-state index in [1.807, 2.05) is 0 Å². The van der Waals surface area contributed by atoms with Crippen LogP contribution < -0.4 is 0 Å². The minimum Gasteiger partial charge on any atom is -0.462 e. The van der Waals surface area contributed by atoms with Crippen LogP contribution in [0.3, 0.4) is 0 Å². The van der Waals surface area contributed by atoms with E-state index in [0.29, 0.717) is 19.3 Å². The zero-order chi connectivity index (χ0) is 58.5. The Morgan fingerprint density at radius 2 is 0.444 bits per heavy atom. The Hall–Kier alpha value is -2.63. The van der Waals surface area contributed by atoms with E-state index < -0.39 is 6.10 Å². The number of ether oxygens (including phenoxy) is 3. The summed E-state index contributed by atoms with van der Waals surface area (Å²) in [6.07, 6.45) is 88.8. The maximum Gasteiger partial charge on any atom is 0.306 e. The summed E-state index contributed by atoms with van der Waals surface area (Å²) >= 11 is 0. The van der Waals surface area contributed by atoms with E-state index in [9.17, 15) is 14.4 Å². The van der Waals surface area contributed by atoms with Crippen LogP contribution in [-0.2, 0) is 28.6 Å². The van der Waals surface area contributed by atoms with Crippen molar-refractivity contribution in [3.8, 4) is 0 Å². The highest BCUT2D eigenvalue weighted by Gasteiger charge is 2.19. The zero-order valence-electron chi connectivity index (χ0n) is 54.6. The molecule has 1 atom stereocenters. The Morgan fingerprint density at radius 3 is 0.679 bits per heavy atom. The van der Waals surface area contributed by atoms with E-state index in [1.54, 1.807) is 0 Å². The van der Waals surface area contributed by atoms with Crippen LogP contribution in [-0.4, -0.2) is 37.2 Å². The molecule has 6 nitrogen and oxygen atoms in total. The fourth-order valence-corrected chi connectivity index (χ4v) is 10.9. The van der Waals surface area contributed by atoms with E-state index in [-0.39, 0.29) is 31.1 Å². The van der Waals surface area contributed by atoms with Crippen LogP contribution >= 0.6 is 0 Å². The molecule has 0 amide bonds. The van der Waals surface area contributed by atoms with Gasteiger partial charge in [0.15, 0.2) is 6.10 Å². The van der Waals surface area contributed by atoms with Gasteiger partial charge in [-0.15, -0.1) is 0 Å². The molecule has 0 heterocycles. The summed E-state index contributed by atoms with van der Waals surface area (Å²) in [6, 6.07) is 0. The van der Waals surface area contributed by atoms with Gasteiger partial charge in [0.2, 0.25) is 0 Å². The topological polar surface area (TPSA) is 78.9 Å². The SMILES string of the molecule is CCCCCCC/C=C\C/C=C\CCCCCCCCCCCCCCCCCCCC(=O)OCC(COC(=O)CCCCCCCCCCC)OC(=O)CCCCCCCCCCCCCCC/C=C\C/C=C\CCCCCCC. The third kappa shape index (κ3) is 68.0. The Labute approximate surface area is 505 Å². The molecule has 0 spiro atoms. The van der Waals surface area contributed by atoms with Gasteiger partial charge in [-0.3, -0.25) is 14.4 Å². The molecule has 0 fully saturated rings. The van der Waals surface area contributed by atoms with Crippen LogP contribution in [0.15, 0.2) is 48.6 Å².